The van der Waals surface area contributed by atoms with Gasteiger partial charge in [0.15, 0.2) is 24.4 Å². The largest absolute Gasteiger partial charge is 0.467 e. The summed E-state index contributed by atoms with van der Waals surface area (Å²) in [5.74, 6) is -2.37. The molecule has 1 saturated carbocycles. The molecule has 1 N–H and O–H groups in total. The molecule has 1 fully saturated rings. The predicted molar refractivity (Wildman–Crippen MR) is 383 cm³/mol. The maximum absolute atomic E-state index is 12.4. The molecule has 27 heteroatoms. The number of rotatable bonds is 24. The molecule has 0 aliphatic heterocycles. The van der Waals surface area contributed by atoms with Crippen LogP contribution in [-0.2, 0) is 81.1 Å². The highest BCUT2D eigenvalue weighted by Crippen LogP contribution is 2.42. The Morgan fingerprint density at radius 3 is 1.02 bits per heavy atom. The molecule has 26 nitrogen and oxygen atoms in total. The molecule has 0 radical (unpaired) electrons. The highest BCUT2D eigenvalue weighted by Gasteiger charge is 2.38. The summed E-state index contributed by atoms with van der Waals surface area (Å²) in [5.41, 5.74) is 4.99. The zero-order valence-electron chi connectivity index (χ0n) is 62.7. The summed E-state index contributed by atoms with van der Waals surface area (Å²) in [7, 11) is 5.06. The smallest absolute Gasteiger partial charge is 0.339 e. The second kappa shape index (κ2) is 38.2. The fourth-order valence-electron chi connectivity index (χ4n) is 11.4. The molecule has 554 valence electrons. The Morgan fingerprint density at radius 1 is 0.480 bits per heavy atom. The van der Waals surface area contributed by atoms with Crippen LogP contribution in [0.5, 0.6) is 0 Å². The maximum atomic E-state index is 12.4. The van der Waals surface area contributed by atoms with Crippen LogP contribution < -0.4 is 5.32 Å². The van der Waals surface area contributed by atoms with Crippen LogP contribution in [0.25, 0.3) is 0 Å². The number of ether oxygens (including phenoxy) is 8. The predicted octanol–water partition coefficient (Wildman–Crippen LogP) is 15.7. The number of carbonyl (C=O) groups excluding carboxylic acids is 5. The van der Waals surface area contributed by atoms with Gasteiger partial charge in [-0.25, -0.2) is 19.2 Å². The van der Waals surface area contributed by atoms with E-state index >= 15 is 0 Å². The molecule has 5 rings (SSSR count). The first-order valence-electron chi connectivity index (χ1n) is 32.7. The number of hydrogen-bond acceptors (Lipinski definition) is 22. The van der Waals surface area contributed by atoms with E-state index in [1.165, 1.54) is 60.5 Å². The average Bonchev–Trinajstić information content (AvgIpc) is 0.799. The SMILES string of the molecule is C=CCc1c(C)cc([C@H](OC(C)(C)C)C(=O)OC)c(C)c1[N+](=O)[O-].COC(=O)[C@@H](OC(C)(C)C)c1cc(C)c(Br)c([N+](=O)[O-])c1C.COC(=O)[C@@H](OC(C)(C)C)c1cc(C)c(CC=O)c([N+](=O)[O-])c1C.COC(=O)[C@@H](OC(C)(C)C)c1cc(C)c(CCNC2CCCCC2)c([N+](=O)[O-])c1C. The summed E-state index contributed by atoms with van der Waals surface area (Å²) < 4.78 is 43.1. The number of nitro groups is 4. The molecular formula is C73H104BrN5O21. The molecule has 0 amide bonds. The van der Waals surface area contributed by atoms with Gasteiger partial charge in [0.05, 0.1) is 75.0 Å². The molecule has 4 atom stereocenters. The van der Waals surface area contributed by atoms with E-state index < -0.39 is 85.5 Å². The first-order valence-corrected chi connectivity index (χ1v) is 33.5. The van der Waals surface area contributed by atoms with Crippen molar-refractivity contribution in [2.75, 3.05) is 35.0 Å². The summed E-state index contributed by atoms with van der Waals surface area (Å²) in [5, 5.41) is 49.9. The van der Waals surface area contributed by atoms with Gasteiger partial charge in [-0.3, -0.25) is 40.5 Å². The Kier molecular flexibility index (Phi) is 33.7. The monoisotopic (exact) mass is 1470 g/mol. The van der Waals surface area contributed by atoms with Crippen molar-refractivity contribution >= 4 is 68.8 Å². The first kappa shape index (κ1) is 88.1. The van der Waals surface area contributed by atoms with E-state index in [0.29, 0.717) is 114 Å². The third-order valence-electron chi connectivity index (χ3n) is 15.9. The van der Waals surface area contributed by atoms with E-state index in [2.05, 4.69) is 27.8 Å². The van der Waals surface area contributed by atoms with Gasteiger partial charge >= 0.3 is 23.9 Å². The summed E-state index contributed by atoms with van der Waals surface area (Å²) >= 11 is 3.23. The number of methoxy groups -OCH3 is 4. The number of esters is 4. The van der Waals surface area contributed by atoms with Gasteiger partial charge in [0.1, 0.15) is 6.29 Å². The quantitative estimate of drug-likeness (QED) is 0.0170. The van der Waals surface area contributed by atoms with Crippen LogP contribution in [0.4, 0.5) is 22.7 Å². The van der Waals surface area contributed by atoms with E-state index in [-0.39, 0.29) is 34.1 Å². The molecule has 1 aliphatic carbocycles. The molecular weight excluding hydrogens is 1360 g/mol. The molecule has 4 aromatic carbocycles. The van der Waals surface area contributed by atoms with Gasteiger partial charge in [0, 0.05) is 73.7 Å². The van der Waals surface area contributed by atoms with E-state index in [1.807, 2.05) is 54.5 Å². The van der Waals surface area contributed by atoms with Gasteiger partial charge in [-0.05, 0) is 209 Å². The molecule has 0 aromatic heterocycles. The number of nitrogens with zero attached hydrogens (tertiary/aromatic N) is 4. The number of nitro benzene ring substituents is 4. The van der Waals surface area contributed by atoms with E-state index in [1.54, 1.807) is 114 Å². The molecule has 100 heavy (non-hydrogen) atoms. The number of allylic oxidation sites excluding steroid dienone is 1. The van der Waals surface area contributed by atoms with Gasteiger partial charge in [-0.15, -0.1) is 6.58 Å². The summed E-state index contributed by atoms with van der Waals surface area (Å²) in [6.07, 6.45) is 5.12. The minimum atomic E-state index is -1.09. The zero-order valence-corrected chi connectivity index (χ0v) is 64.2. The molecule has 4 aromatic rings. The third kappa shape index (κ3) is 25.3. The van der Waals surface area contributed by atoms with Crippen LogP contribution in [0.1, 0.15) is 223 Å². The van der Waals surface area contributed by atoms with Crippen molar-refractivity contribution in [2.24, 2.45) is 0 Å². The number of aldehydes is 1. The van der Waals surface area contributed by atoms with Crippen molar-refractivity contribution in [2.45, 2.75) is 243 Å². The normalized spacial score (nSPS) is 13.8. The second-order valence-corrected chi connectivity index (χ2v) is 29.0. The van der Waals surface area contributed by atoms with Gasteiger partial charge in [-0.2, -0.15) is 0 Å². The van der Waals surface area contributed by atoms with Crippen LogP contribution in [-0.4, -0.2) is 113 Å². The van der Waals surface area contributed by atoms with Crippen molar-refractivity contribution in [1.29, 1.82) is 0 Å². The molecule has 1 aliphatic rings. The molecule has 0 saturated heterocycles. The Balaban J connectivity index is 0.000000457. The molecule has 0 heterocycles. The van der Waals surface area contributed by atoms with Crippen molar-refractivity contribution in [1.82, 2.24) is 5.32 Å². The lowest BCUT2D eigenvalue weighted by atomic mass is 9.91. The van der Waals surface area contributed by atoms with Crippen molar-refractivity contribution in [3.8, 4) is 0 Å². The number of nitrogens with one attached hydrogen (secondary N) is 1. The minimum absolute atomic E-state index is 0.00341. The van der Waals surface area contributed by atoms with Crippen LogP contribution in [0.2, 0.25) is 0 Å². The summed E-state index contributed by atoms with van der Waals surface area (Å²) in [6.45, 7) is 39.5. The van der Waals surface area contributed by atoms with Gasteiger partial charge in [0.2, 0.25) is 0 Å². The zero-order chi connectivity index (χ0) is 77.0. The standard InChI is InChI=1S/C23H36N2O5.C18H25NO5.C17H23NO6.C15H20BrNO5/c1-15-14-19(21(22(26)29-6)30-23(3,4)5)16(2)20(25(27)28)18(15)12-13-24-17-10-8-7-9-11-17;1-8-9-13-11(2)10-14(12(3)15(13)19(21)22)16(17(20)23-7)24-18(4,5)6;1-10-9-13(15(16(20)23-6)24-17(3,4)5)11(2)14(18(21)22)12(10)7-8-19;1-8-7-10(9(2)12(11(8)16)17(19)20)13(14(18)21-6)22-15(3,4)5/h14,17,21,24H,7-13H2,1-6H3;8,10,16H,1,9H2,2-7H3;8-9,15H,7H2,1-6H3;7,13H,1-6H3/t21-;16-;15-;13-/m0000/s1. The van der Waals surface area contributed by atoms with Crippen LogP contribution in [0.15, 0.2) is 41.4 Å². The number of benzene rings is 4. The Hall–Kier alpha value is -7.95. The van der Waals surface area contributed by atoms with E-state index in [9.17, 15) is 64.4 Å². The molecule has 0 bridgehead atoms. The topological polar surface area (TPSA) is 344 Å². The maximum Gasteiger partial charge on any atom is 0.339 e. The van der Waals surface area contributed by atoms with Crippen molar-refractivity contribution in [3.63, 3.8) is 0 Å². The van der Waals surface area contributed by atoms with Crippen molar-refractivity contribution < 1.29 is 81.6 Å². The number of carbonyl (C=O) groups is 5. The van der Waals surface area contributed by atoms with Crippen molar-refractivity contribution in [3.05, 3.63) is 165 Å². The lowest BCUT2D eigenvalue weighted by Gasteiger charge is -2.28. The Morgan fingerprint density at radius 2 is 0.750 bits per heavy atom. The third-order valence-corrected chi connectivity index (χ3v) is 16.9. The summed E-state index contributed by atoms with van der Waals surface area (Å²) in [4.78, 5) is 104. The Bertz CT molecular complexity index is 3510. The molecule has 0 spiro atoms. The number of aryl methyl sites for hydroxylation is 4. The Labute approximate surface area is 596 Å². The molecule has 0 unspecified atom stereocenters. The van der Waals surface area contributed by atoms with Crippen LogP contribution in [0, 0.1) is 95.8 Å². The average molecular weight is 1470 g/mol. The fourth-order valence-corrected chi connectivity index (χ4v) is 12.0. The number of halogens is 1. The van der Waals surface area contributed by atoms with Gasteiger partial charge < -0.3 is 48.0 Å². The van der Waals surface area contributed by atoms with Gasteiger partial charge in [-0.1, -0.05) is 49.6 Å². The van der Waals surface area contributed by atoms with E-state index in [4.69, 9.17) is 37.9 Å². The number of hydrogen-bond donors (Lipinski definition) is 1. The van der Waals surface area contributed by atoms with Crippen LogP contribution in [0.3, 0.4) is 0 Å². The lowest BCUT2D eigenvalue weighted by molar-refractivity contribution is -0.386. The fraction of sp³-hybridized carbons (Fsp3) is 0.575. The van der Waals surface area contributed by atoms with Crippen LogP contribution >= 0.6 is 15.9 Å². The van der Waals surface area contributed by atoms with E-state index in [0.717, 1.165) is 5.56 Å². The minimum Gasteiger partial charge on any atom is -0.467 e. The highest BCUT2D eigenvalue weighted by molar-refractivity contribution is 9.10. The highest BCUT2D eigenvalue weighted by atomic mass is 79.9. The van der Waals surface area contributed by atoms with Gasteiger partial charge in [0.25, 0.3) is 22.7 Å². The lowest BCUT2D eigenvalue weighted by Crippen LogP contribution is -2.32. The summed E-state index contributed by atoms with van der Waals surface area (Å²) in [6, 6.07) is 7.45. The second-order valence-electron chi connectivity index (χ2n) is 28.2. The first-order chi connectivity index (χ1) is 46.1.